The van der Waals surface area contributed by atoms with Crippen molar-refractivity contribution in [2.45, 2.75) is 12.8 Å². The first-order valence-corrected chi connectivity index (χ1v) is 5.90. The van der Waals surface area contributed by atoms with E-state index in [-0.39, 0.29) is 0 Å². The Balaban J connectivity index is 1.94. The summed E-state index contributed by atoms with van der Waals surface area (Å²) < 4.78 is 0. The van der Waals surface area contributed by atoms with Crippen LogP contribution in [0.15, 0.2) is 10.8 Å². The van der Waals surface area contributed by atoms with Crippen LogP contribution in [0.1, 0.15) is 11.4 Å². The van der Waals surface area contributed by atoms with Gasteiger partial charge in [-0.2, -0.15) is 0 Å². The van der Waals surface area contributed by atoms with Crippen molar-refractivity contribution in [3.05, 3.63) is 22.1 Å². The Morgan fingerprint density at radius 1 is 0.929 bits per heavy atom. The summed E-state index contributed by atoms with van der Waals surface area (Å²) in [5.41, 5.74) is 13.1. The summed E-state index contributed by atoms with van der Waals surface area (Å²) in [6.07, 6.45) is 1.74. The van der Waals surface area contributed by atoms with Gasteiger partial charge in [0.05, 0.1) is 11.4 Å². The van der Waals surface area contributed by atoms with Crippen molar-refractivity contribution in [1.82, 2.24) is 9.97 Å². The van der Waals surface area contributed by atoms with Crippen LogP contribution in [0.4, 0.5) is 10.3 Å². The van der Waals surface area contributed by atoms with Crippen LogP contribution < -0.4 is 11.5 Å². The number of nitrogens with two attached hydrogens (primary N) is 2. The average Bonchev–Trinajstić information content (AvgIpc) is 2.72. The van der Waals surface area contributed by atoms with Gasteiger partial charge in [-0.25, -0.2) is 9.97 Å². The minimum absolute atomic E-state index is 0.623. The molecule has 0 atom stereocenters. The fourth-order valence-electron chi connectivity index (χ4n) is 1.13. The average molecular weight is 226 g/mol. The van der Waals surface area contributed by atoms with E-state index in [1.54, 1.807) is 0 Å². The number of hydrogen-bond acceptors (Lipinski definition) is 6. The molecule has 14 heavy (non-hydrogen) atoms. The Labute approximate surface area is 89.6 Å². The van der Waals surface area contributed by atoms with E-state index in [2.05, 4.69) is 9.97 Å². The predicted molar refractivity (Wildman–Crippen MR) is 60.5 cm³/mol. The van der Waals surface area contributed by atoms with Gasteiger partial charge in [0.15, 0.2) is 10.3 Å². The van der Waals surface area contributed by atoms with Crippen molar-refractivity contribution in [2.24, 2.45) is 0 Å². The van der Waals surface area contributed by atoms with Gasteiger partial charge in [0.1, 0.15) is 0 Å². The maximum atomic E-state index is 5.53. The minimum atomic E-state index is 0.623. The summed E-state index contributed by atoms with van der Waals surface area (Å²) in [5, 5.41) is 5.20. The maximum absolute atomic E-state index is 5.53. The third-order valence-corrected chi connectivity index (χ3v) is 3.22. The largest absolute Gasteiger partial charge is 0.375 e. The van der Waals surface area contributed by atoms with E-state index in [0.29, 0.717) is 10.3 Å². The number of nitrogen functional groups attached to an aromatic ring is 2. The molecule has 0 radical (unpaired) electrons. The van der Waals surface area contributed by atoms with Gasteiger partial charge in [-0.05, 0) is 12.8 Å². The molecule has 0 amide bonds. The lowest BCUT2D eigenvalue weighted by Crippen LogP contribution is -1.93. The van der Waals surface area contributed by atoms with E-state index < -0.39 is 0 Å². The fourth-order valence-corrected chi connectivity index (χ4v) is 2.33. The van der Waals surface area contributed by atoms with Crippen LogP contribution >= 0.6 is 22.7 Å². The molecular formula is C8H10N4S2. The fraction of sp³-hybridized carbons (Fsp3) is 0.250. The van der Waals surface area contributed by atoms with Gasteiger partial charge in [0, 0.05) is 10.8 Å². The van der Waals surface area contributed by atoms with Crippen LogP contribution in [0.5, 0.6) is 0 Å². The zero-order valence-electron chi connectivity index (χ0n) is 7.43. The summed E-state index contributed by atoms with van der Waals surface area (Å²) in [4.78, 5) is 8.35. The zero-order chi connectivity index (χ0) is 9.97. The molecule has 0 saturated carbocycles. The molecule has 74 valence electrons. The first-order chi connectivity index (χ1) is 6.74. The minimum Gasteiger partial charge on any atom is -0.375 e. The van der Waals surface area contributed by atoms with Crippen LogP contribution in [-0.4, -0.2) is 9.97 Å². The Morgan fingerprint density at radius 3 is 1.64 bits per heavy atom. The van der Waals surface area contributed by atoms with Gasteiger partial charge in [-0.3, -0.25) is 0 Å². The molecular weight excluding hydrogens is 216 g/mol. The molecule has 2 heterocycles. The zero-order valence-corrected chi connectivity index (χ0v) is 9.07. The van der Waals surface area contributed by atoms with E-state index in [1.807, 2.05) is 10.8 Å². The number of aryl methyl sites for hydroxylation is 2. The number of rotatable bonds is 3. The lowest BCUT2D eigenvalue weighted by atomic mass is 10.2. The summed E-state index contributed by atoms with van der Waals surface area (Å²) in [7, 11) is 0. The van der Waals surface area contributed by atoms with Crippen LogP contribution in [0.3, 0.4) is 0 Å². The quantitative estimate of drug-likeness (QED) is 0.832. The van der Waals surface area contributed by atoms with Gasteiger partial charge in [-0.1, -0.05) is 0 Å². The van der Waals surface area contributed by atoms with Gasteiger partial charge < -0.3 is 11.5 Å². The molecule has 4 nitrogen and oxygen atoms in total. The SMILES string of the molecule is Nc1nc(CCc2csc(N)n2)cs1. The van der Waals surface area contributed by atoms with Crippen molar-refractivity contribution < 1.29 is 0 Å². The molecule has 0 fully saturated rings. The van der Waals surface area contributed by atoms with Gasteiger partial charge in [0.25, 0.3) is 0 Å². The third-order valence-electron chi connectivity index (χ3n) is 1.78. The van der Waals surface area contributed by atoms with Crippen molar-refractivity contribution in [1.29, 1.82) is 0 Å². The summed E-state index contributed by atoms with van der Waals surface area (Å²) in [5.74, 6) is 0. The Kier molecular flexibility index (Phi) is 2.64. The van der Waals surface area contributed by atoms with Gasteiger partial charge in [0.2, 0.25) is 0 Å². The molecule has 0 aromatic carbocycles. The summed E-state index contributed by atoms with van der Waals surface area (Å²) in [6.45, 7) is 0. The molecule has 0 aliphatic heterocycles. The van der Waals surface area contributed by atoms with Gasteiger partial charge in [-0.15, -0.1) is 22.7 Å². The molecule has 0 aliphatic carbocycles. The van der Waals surface area contributed by atoms with E-state index in [0.717, 1.165) is 24.2 Å². The highest BCUT2D eigenvalue weighted by Gasteiger charge is 2.02. The number of aromatic nitrogens is 2. The topological polar surface area (TPSA) is 77.8 Å². The first-order valence-electron chi connectivity index (χ1n) is 4.14. The molecule has 6 heteroatoms. The molecule has 4 N–H and O–H groups in total. The molecule has 2 aromatic rings. The van der Waals surface area contributed by atoms with Crippen LogP contribution in [0.25, 0.3) is 0 Å². The standard InChI is InChI=1S/C8H10N4S2/c9-7-11-5(3-13-7)1-2-6-4-14-8(10)12-6/h3-4H,1-2H2,(H2,9,11)(H2,10,12). The van der Waals surface area contributed by atoms with E-state index in [1.165, 1.54) is 22.7 Å². The summed E-state index contributed by atoms with van der Waals surface area (Å²) >= 11 is 2.94. The highest BCUT2D eigenvalue weighted by molar-refractivity contribution is 7.13. The molecule has 0 spiro atoms. The lowest BCUT2D eigenvalue weighted by Gasteiger charge is -1.92. The molecule has 0 saturated heterocycles. The molecule has 0 unspecified atom stereocenters. The van der Waals surface area contributed by atoms with Crippen molar-refractivity contribution >= 4 is 32.9 Å². The van der Waals surface area contributed by atoms with Crippen molar-refractivity contribution in [3.63, 3.8) is 0 Å². The molecule has 2 rings (SSSR count). The normalized spacial score (nSPS) is 10.6. The molecule has 2 aromatic heterocycles. The Hall–Kier alpha value is -1.14. The first kappa shape index (κ1) is 9.42. The monoisotopic (exact) mass is 226 g/mol. The van der Waals surface area contributed by atoms with Gasteiger partial charge >= 0.3 is 0 Å². The van der Waals surface area contributed by atoms with E-state index in [9.17, 15) is 0 Å². The van der Waals surface area contributed by atoms with Crippen molar-refractivity contribution in [2.75, 3.05) is 11.5 Å². The van der Waals surface area contributed by atoms with E-state index >= 15 is 0 Å². The van der Waals surface area contributed by atoms with Crippen molar-refractivity contribution in [3.8, 4) is 0 Å². The van der Waals surface area contributed by atoms with E-state index in [4.69, 9.17) is 11.5 Å². The Bertz CT molecular complexity index is 380. The Morgan fingerprint density at radius 2 is 1.36 bits per heavy atom. The number of anilines is 2. The second-order valence-corrected chi connectivity index (χ2v) is 4.63. The molecule has 0 aliphatic rings. The summed E-state index contributed by atoms with van der Waals surface area (Å²) in [6, 6.07) is 0. The smallest absolute Gasteiger partial charge is 0.180 e. The highest BCUT2D eigenvalue weighted by atomic mass is 32.1. The number of thiazole rings is 2. The molecule has 0 bridgehead atoms. The third kappa shape index (κ3) is 2.21. The number of nitrogens with zero attached hydrogens (tertiary/aromatic N) is 2. The lowest BCUT2D eigenvalue weighted by molar-refractivity contribution is 0.901. The van der Waals surface area contributed by atoms with Crippen LogP contribution in [0.2, 0.25) is 0 Å². The second kappa shape index (κ2) is 3.93. The highest BCUT2D eigenvalue weighted by Crippen LogP contribution is 2.15. The van der Waals surface area contributed by atoms with Crippen LogP contribution in [-0.2, 0) is 12.8 Å². The maximum Gasteiger partial charge on any atom is 0.180 e. The predicted octanol–water partition coefficient (Wildman–Crippen LogP) is 1.55. The van der Waals surface area contributed by atoms with Crippen LogP contribution in [0, 0.1) is 0 Å². The second-order valence-electron chi connectivity index (χ2n) is 2.85. The number of hydrogen-bond donors (Lipinski definition) is 2.